The average molecular weight is 264 g/mol. The van der Waals surface area contributed by atoms with E-state index in [0.29, 0.717) is 24.2 Å². The zero-order valence-corrected chi connectivity index (χ0v) is 12.4. The van der Waals surface area contributed by atoms with Crippen molar-refractivity contribution in [2.75, 3.05) is 13.7 Å². The summed E-state index contributed by atoms with van der Waals surface area (Å²) in [6.07, 6.45) is 4.36. The normalized spacial score (nSPS) is 49.6. The van der Waals surface area contributed by atoms with Gasteiger partial charge < -0.3 is 9.47 Å². The van der Waals surface area contributed by atoms with Gasteiger partial charge in [0.25, 0.3) is 0 Å². The third kappa shape index (κ3) is 1.61. The Hall–Kier alpha value is -0.670. The van der Waals surface area contributed by atoms with E-state index >= 15 is 0 Å². The summed E-state index contributed by atoms with van der Waals surface area (Å²) in [4.78, 5) is 11.9. The van der Waals surface area contributed by atoms with Gasteiger partial charge in [0.05, 0.1) is 6.61 Å². The zero-order chi connectivity index (χ0) is 13.8. The molecule has 5 atom stereocenters. The minimum atomic E-state index is -0.430. The third-order valence-corrected chi connectivity index (χ3v) is 5.93. The number of ketones is 1. The maximum Gasteiger partial charge on any atom is 0.172 e. The first-order valence-corrected chi connectivity index (χ1v) is 7.37. The lowest BCUT2D eigenvalue weighted by molar-refractivity contribution is -0.248. The molecule has 3 rings (SSSR count). The molecule has 2 aliphatic carbocycles. The van der Waals surface area contributed by atoms with Crippen molar-refractivity contribution in [1.29, 1.82) is 0 Å². The van der Waals surface area contributed by atoms with E-state index in [1.54, 1.807) is 7.11 Å². The van der Waals surface area contributed by atoms with Crippen LogP contribution in [0.4, 0.5) is 0 Å². The van der Waals surface area contributed by atoms with Crippen molar-refractivity contribution in [1.82, 2.24) is 0 Å². The molecular weight excluding hydrogens is 240 g/mol. The van der Waals surface area contributed by atoms with Gasteiger partial charge in [-0.25, -0.2) is 0 Å². The lowest BCUT2D eigenvalue weighted by Gasteiger charge is -2.55. The highest BCUT2D eigenvalue weighted by atomic mass is 16.7. The van der Waals surface area contributed by atoms with Crippen LogP contribution in [0.1, 0.15) is 40.0 Å². The molecule has 2 fully saturated rings. The molecule has 5 unspecified atom stereocenters. The summed E-state index contributed by atoms with van der Waals surface area (Å²) in [6, 6.07) is 0. The first-order chi connectivity index (χ1) is 8.94. The highest BCUT2D eigenvalue weighted by molar-refractivity contribution is 5.92. The van der Waals surface area contributed by atoms with Crippen molar-refractivity contribution in [2.24, 2.45) is 23.2 Å². The standard InChI is InChI=1S/C16H24O3/c1-10-9-19-16(18-4)6-5-12-8-13(17)7-11(2)15(12,3)14(10)16/h8,10-11,14H,5-7,9H2,1-4H3. The van der Waals surface area contributed by atoms with Gasteiger partial charge in [0.2, 0.25) is 0 Å². The molecule has 0 radical (unpaired) electrons. The number of methoxy groups -OCH3 is 1. The monoisotopic (exact) mass is 264 g/mol. The van der Waals surface area contributed by atoms with Gasteiger partial charge in [-0.3, -0.25) is 4.79 Å². The molecule has 3 heteroatoms. The van der Waals surface area contributed by atoms with E-state index in [0.717, 1.165) is 19.4 Å². The fourth-order valence-corrected chi connectivity index (χ4v) is 4.85. The summed E-state index contributed by atoms with van der Waals surface area (Å²) in [6.45, 7) is 7.55. The van der Waals surface area contributed by atoms with Gasteiger partial charge >= 0.3 is 0 Å². The highest BCUT2D eigenvalue weighted by Crippen LogP contribution is 2.62. The molecule has 0 bridgehead atoms. The molecule has 19 heavy (non-hydrogen) atoms. The van der Waals surface area contributed by atoms with Crippen molar-refractivity contribution >= 4 is 5.78 Å². The molecule has 0 amide bonds. The smallest absolute Gasteiger partial charge is 0.172 e. The van der Waals surface area contributed by atoms with Crippen molar-refractivity contribution in [2.45, 2.75) is 45.8 Å². The Morgan fingerprint density at radius 2 is 2.16 bits per heavy atom. The molecule has 1 saturated heterocycles. The Morgan fingerprint density at radius 1 is 1.42 bits per heavy atom. The summed E-state index contributed by atoms with van der Waals surface area (Å²) in [5, 5.41) is 0. The Morgan fingerprint density at radius 3 is 2.84 bits per heavy atom. The second kappa shape index (κ2) is 4.16. The van der Waals surface area contributed by atoms with Crippen LogP contribution in [0.15, 0.2) is 11.6 Å². The molecule has 106 valence electrons. The van der Waals surface area contributed by atoms with E-state index in [9.17, 15) is 4.79 Å². The van der Waals surface area contributed by atoms with Crippen LogP contribution in [0.3, 0.4) is 0 Å². The number of ether oxygens (including phenoxy) is 2. The molecule has 0 aromatic heterocycles. The molecule has 1 heterocycles. The van der Waals surface area contributed by atoms with Gasteiger partial charge in [0.1, 0.15) is 0 Å². The van der Waals surface area contributed by atoms with Crippen molar-refractivity contribution in [3.05, 3.63) is 11.6 Å². The highest BCUT2D eigenvalue weighted by Gasteiger charge is 2.62. The third-order valence-electron chi connectivity index (χ3n) is 5.93. The van der Waals surface area contributed by atoms with E-state index in [1.165, 1.54) is 5.57 Å². The van der Waals surface area contributed by atoms with Crippen LogP contribution in [-0.4, -0.2) is 25.3 Å². The molecule has 1 saturated carbocycles. The molecule has 0 aromatic carbocycles. The Bertz CT molecular complexity index is 441. The number of hydrogen-bond acceptors (Lipinski definition) is 3. The van der Waals surface area contributed by atoms with Gasteiger partial charge in [0.15, 0.2) is 11.6 Å². The van der Waals surface area contributed by atoms with Crippen LogP contribution in [0.25, 0.3) is 0 Å². The van der Waals surface area contributed by atoms with Crippen molar-refractivity contribution in [3.63, 3.8) is 0 Å². The molecular formula is C16H24O3. The Kier molecular flexibility index (Phi) is 2.92. The van der Waals surface area contributed by atoms with Gasteiger partial charge in [0, 0.05) is 31.3 Å². The van der Waals surface area contributed by atoms with Crippen LogP contribution < -0.4 is 0 Å². The Balaban J connectivity index is 2.11. The molecule has 0 spiro atoms. The number of carbonyl (C=O) groups is 1. The summed E-state index contributed by atoms with van der Waals surface area (Å²) >= 11 is 0. The van der Waals surface area contributed by atoms with E-state index in [-0.39, 0.29) is 11.2 Å². The lowest BCUT2D eigenvalue weighted by Crippen LogP contribution is -2.55. The SMILES string of the molecule is COC12CCC3=CC(=O)CC(C)C3(C)C1C(C)CO2. The van der Waals surface area contributed by atoms with Crippen LogP contribution in [0, 0.1) is 23.2 Å². The van der Waals surface area contributed by atoms with Crippen LogP contribution in [-0.2, 0) is 14.3 Å². The van der Waals surface area contributed by atoms with Crippen LogP contribution in [0.5, 0.6) is 0 Å². The van der Waals surface area contributed by atoms with Gasteiger partial charge in [-0.2, -0.15) is 0 Å². The molecule has 3 nitrogen and oxygen atoms in total. The maximum absolute atomic E-state index is 11.9. The number of hydrogen-bond donors (Lipinski definition) is 0. The molecule has 0 N–H and O–H groups in total. The minimum absolute atomic E-state index is 0.0398. The fraction of sp³-hybridized carbons (Fsp3) is 0.812. The summed E-state index contributed by atoms with van der Waals surface area (Å²) in [5.74, 6) is 1.05. The first kappa shape index (κ1) is 13.3. The van der Waals surface area contributed by atoms with E-state index in [4.69, 9.17) is 9.47 Å². The minimum Gasteiger partial charge on any atom is -0.353 e. The summed E-state index contributed by atoms with van der Waals surface area (Å²) < 4.78 is 11.9. The topological polar surface area (TPSA) is 35.5 Å². The van der Waals surface area contributed by atoms with E-state index in [1.807, 2.05) is 6.08 Å². The first-order valence-electron chi connectivity index (χ1n) is 7.37. The lowest BCUT2D eigenvalue weighted by atomic mass is 9.52. The van der Waals surface area contributed by atoms with E-state index < -0.39 is 5.79 Å². The van der Waals surface area contributed by atoms with Gasteiger partial charge in [-0.1, -0.05) is 26.3 Å². The number of allylic oxidation sites excluding steroid dienone is 2. The maximum atomic E-state index is 11.9. The summed E-state index contributed by atoms with van der Waals surface area (Å²) in [7, 11) is 1.77. The second-order valence-electron chi connectivity index (χ2n) is 6.81. The second-order valence-corrected chi connectivity index (χ2v) is 6.81. The zero-order valence-electron chi connectivity index (χ0n) is 12.4. The fourth-order valence-electron chi connectivity index (χ4n) is 4.85. The van der Waals surface area contributed by atoms with Gasteiger partial charge in [-0.15, -0.1) is 0 Å². The molecule has 1 aliphatic heterocycles. The predicted octanol–water partition coefficient (Wildman–Crippen LogP) is 2.95. The predicted molar refractivity (Wildman–Crippen MR) is 72.6 cm³/mol. The van der Waals surface area contributed by atoms with E-state index in [2.05, 4.69) is 20.8 Å². The number of carbonyl (C=O) groups excluding carboxylic acids is 1. The average Bonchev–Trinajstić information content (AvgIpc) is 2.71. The quantitative estimate of drug-likeness (QED) is 0.730. The Labute approximate surface area is 115 Å². The van der Waals surface area contributed by atoms with Crippen molar-refractivity contribution < 1.29 is 14.3 Å². The number of fused-ring (bicyclic) bond motifs is 3. The van der Waals surface area contributed by atoms with Gasteiger partial charge in [-0.05, 0) is 24.3 Å². The molecule has 0 aromatic rings. The number of rotatable bonds is 1. The molecule has 3 aliphatic rings. The van der Waals surface area contributed by atoms with Crippen LogP contribution >= 0.6 is 0 Å². The van der Waals surface area contributed by atoms with Crippen LogP contribution in [0.2, 0.25) is 0 Å². The largest absolute Gasteiger partial charge is 0.353 e. The van der Waals surface area contributed by atoms with Crippen molar-refractivity contribution in [3.8, 4) is 0 Å². The summed E-state index contributed by atoms with van der Waals surface area (Å²) in [5.41, 5.74) is 1.37.